The fourth-order valence-electron chi connectivity index (χ4n) is 0.909. The summed E-state index contributed by atoms with van der Waals surface area (Å²) >= 11 is 0. The van der Waals surface area contributed by atoms with Crippen molar-refractivity contribution in [2.24, 2.45) is 5.73 Å². The van der Waals surface area contributed by atoms with E-state index in [1.165, 1.54) is 0 Å². The van der Waals surface area contributed by atoms with Gasteiger partial charge in [0.15, 0.2) is 0 Å². The maximum absolute atomic E-state index is 9.10. The molecule has 1 aromatic heterocycles. The molecule has 0 aromatic carbocycles. The van der Waals surface area contributed by atoms with Crippen LogP contribution >= 0.6 is 0 Å². The number of ether oxygens (including phenoxy) is 1. The summed E-state index contributed by atoms with van der Waals surface area (Å²) < 4.78 is 5.45. The van der Waals surface area contributed by atoms with Gasteiger partial charge >= 0.3 is 11.9 Å². The van der Waals surface area contributed by atoms with Gasteiger partial charge in [-0.25, -0.2) is 14.6 Å². The van der Waals surface area contributed by atoms with Crippen molar-refractivity contribution in [1.82, 2.24) is 4.98 Å². The molecule has 0 bridgehead atoms. The molecule has 0 saturated heterocycles. The van der Waals surface area contributed by atoms with Gasteiger partial charge in [0.05, 0.1) is 6.10 Å². The third-order valence-corrected chi connectivity index (χ3v) is 1.60. The fourth-order valence-corrected chi connectivity index (χ4v) is 0.909. The minimum absolute atomic E-state index is 0.144. The van der Waals surface area contributed by atoms with Crippen molar-refractivity contribution in [3.63, 3.8) is 0 Å². The molecule has 0 unspecified atom stereocenters. The number of carboxylic acids is 2. The first kappa shape index (κ1) is 15.9. The molecule has 18 heavy (non-hydrogen) atoms. The van der Waals surface area contributed by atoms with E-state index in [1.807, 2.05) is 26.0 Å². The van der Waals surface area contributed by atoms with E-state index in [4.69, 9.17) is 30.3 Å². The van der Waals surface area contributed by atoms with Gasteiger partial charge in [-0.05, 0) is 19.9 Å². The van der Waals surface area contributed by atoms with Crippen LogP contribution < -0.4 is 10.5 Å². The fraction of sp³-hybridized carbons (Fsp3) is 0.364. The monoisotopic (exact) mass is 256 g/mol. The standard InChI is InChI=1S/C9H14N2O.C2H2O4/c1-7(2)12-9-8(6-10)4-3-5-11-9;3-1(4)2(5)6/h3-5,7H,6,10H2,1-2H3;(H,3,4)(H,5,6). The van der Waals surface area contributed by atoms with Gasteiger partial charge in [-0.2, -0.15) is 0 Å². The number of nitrogens with two attached hydrogens (primary N) is 1. The Morgan fingerprint density at radius 1 is 1.39 bits per heavy atom. The second-order valence-electron chi connectivity index (χ2n) is 3.45. The Labute approximate surface area is 104 Å². The van der Waals surface area contributed by atoms with Crippen molar-refractivity contribution in [3.05, 3.63) is 23.9 Å². The van der Waals surface area contributed by atoms with Crippen molar-refractivity contribution in [1.29, 1.82) is 0 Å². The Hall–Kier alpha value is -2.15. The molecule has 0 amide bonds. The number of aliphatic carboxylic acids is 2. The first-order valence-electron chi connectivity index (χ1n) is 5.15. The number of carboxylic acid groups (broad SMARTS) is 2. The molecular formula is C11H16N2O5. The highest BCUT2D eigenvalue weighted by molar-refractivity contribution is 6.27. The van der Waals surface area contributed by atoms with Crippen LogP contribution in [0.3, 0.4) is 0 Å². The average Bonchev–Trinajstić information content (AvgIpc) is 2.29. The smallest absolute Gasteiger partial charge is 0.414 e. The quantitative estimate of drug-likeness (QED) is 0.672. The second-order valence-corrected chi connectivity index (χ2v) is 3.45. The number of carbonyl (C=O) groups is 2. The van der Waals surface area contributed by atoms with Gasteiger partial charge in [0.2, 0.25) is 5.88 Å². The Morgan fingerprint density at radius 2 is 1.94 bits per heavy atom. The molecule has 100 valence electrons. The van der Waals surface area contributed by atoms with Crippen LogP contribution in [0.5, 0.6) is 5.88 Å². The van der Waals surface area contributed by atoms with Gasteiger partial charge in [-0.3, -0.25) is 0 Å². The van der Waals surface area contributed by atoms with Gasteiger partial charge in [0.1, 0.15) is 0 Å². The molecule has 0 aliphatic heterocycles. The first-order valence-corrected chi connectivity index (χ1v) is 5.15. The number of rotatable bonds is 3. The number of nitrogens with zero attached hydrogens (tertiary/aromatic N) is 1. The van der Waals surface area contributed by atoms with Crippen LogP contribution in [0, 0.1) is 0 Å². The minimum atomic E-state index is -1.82. The van der Waals surface area contributed by atoms with E-state index < -0.39 is 11.9 Å². The molecule has 7 nitrogen and oxygen atoms in total. The molecule has 0 saturated carbocycles. The average molecular weight is 256 g/mol. The molecule has 7 heteroatoms. The van der Waals surface area contributed by atoms with Gasteiger partial charge in [0.25, 0.3) is 0 Å². The van der Waals surface area contributed by atoms with Crippen LogP contribution in [-0.4, -0.2) is 33.2 Å². The van der Waals surface area contributed by atoms with Crippen LogP contribution in [0.25, 0.3) is 0 Å². The lowest BCUT2D eigenvalue weighted by Crippen LogP contribution is -2.10. The third-order valence-electron chi connectivity index (χ3n) is 1.60. The SMILES string of the molecule is CC(C)Oc1ncccc1CN.O=C(O)C(=O)O. The lowest BCUT2D eigenvalue weighted by molar-refractivity contribution is -0.159. The summed E-state index contributed by atoms with van der Waals surface area (Å²) in [6.07, 6.45) is 1.85. The van der Waals surface area contributed by atoms with Crippen molar-refractivity contribution >= 4 is 11.9 Å². The molecule has 0 aliphatic rings. The van der Waals surface area contributed by atoms with Gasteiger partial charge in [-0.15, -0.1) is 0 Å². The topological polar surface area (TPSA) is 123 Å². The molecule has 0 atom stereocenters. The second kappa shape index (κ2) is 8.02. The van der Waals surface area contributed by atoms with Gasteiger partial charge in [0, 0.05) is 18.3 Å². The Bertz CT molecular complexity index is 394. The Morgan fingerprint density at radius 3 is 2.33 bits per heavy atom. The van der Waals surface area contributed by atoms with Crippen LogP contribution in [0.4, 0.5) is 0 Å². The maximum atomic E-state index is 9.10. The highest BCUT2D eigenvalue weighted by Gasteiger charge is 2.04. The molecule has 4 N–H and O–H groups in total. The summed E-state index contributed by atoms with van der Waals surface area (Å²) in [5.41, 5.74) is 6.46. The van der Waals surface area contributed by atoms with Crippen molar-refractivity contribution in [2.45, 2.75) is 26.5 Å². The predicted octanol–water partition coefficient (Wildman–Crippen LogP) is 0.483. The van der Waals surface area contributed by atoms with Crippen molar-refractivity contribution in [3.8, 4) is 5.88 Å². The number of hydrogen-bond donors (Lipinski definition) is 3. The van der Waals surface area contributed by atoms with E-state index in [9.17, 15) is 0 Å². The normalized spacial score (nSPS) is 9.33. The van der Waals surface area contributed by atoms with Gasteiger partial charge < -0.3 is 20.7 Å². The van der Waals surface area contributed by atoms with E-state index in [0.29, 0.717) is 12.4 Å². The number of pyridine rings is 1. The summed E-state index contributed by atoms with van der Waals surface area (Å²) in [6.45, 7) is 4.40. The maximum Gasteiger partial charge on any atom is 0.414 e. The van der Waals surface area contributed by atoms with Crippen LogP contribution in [-0.2, 0) is 16.1 Å². The van der Waals surface area contributed by atoms with Crippen LogP contribution in [0.15, 0.2) is 18.3 Å². The molecular weight excluding hydrogens is 240 g/mol. The molecule has 0 spiro atoms. The summed E-state index contributed by atoms with van der Waals surface area (Å²) in [5.74, 6) is -3.00. The number of aromatic nitrogens is 1. The zero-order valence-corrected chi connectivity index (χ0v) is 10.2. The summed E-state index contributed by atoms with van der Waals surface area (Å²) in [5, 5.41) is 14.8. The Kier molecular flexibility index (Phi) is 7.06. The molecule has 0 aliphatic carbocycles. The summed E-state index contributed by atoms with van der Waals surface area (Å²) in [4.78, 5) is 22.3. The lowest BCUT2D eigenvalue weighted by Gasteiger charge is -2.11. The molecule has 1 aromatic rings. The van der Waals surface area contributed by atoms with E-state index >= 15 is 0 Å². The molecule has 0 fully saturated rings. The van der Waals surface area contributed by atoms with E-state index in [0.717, 1.165) is 5.56 Å². The molecule has 1 rings (SSSR count). The van der Waals surface area contributed by atoms with Crippen LogP contribution in [0.2, 0.25) is 0 Å². The lowest BCUT2D eigenvalue weighted by atomic mass is 10.3. The van der Waals surface area contributed by atoms with Crippen LogP contribution in [0.1, 0.15) is 19.4 Å². The summed E-state index contributed by atoms with van der Waals surface area (Å²) in [6, 6.07) is 3.78. The largest absolute Gasteiger partial charge is 0.475 e. The predicted molar refractivity (Wildman–Crippen MR) is 63.2 cm³/mol. The third kappa shape index (κ3) is 6.44. The zero-order chi connectivity index (χ0) is 14.1. The van der Waals surface area contributed by atoms with Gasteiger partial charge in [-0.1, -0.05) is 6.07 Å². The molecule has 1 heterocycles. The van der Waals surface area contributed by atoms with Crippen molar-refractivity contribution < 1.29 is 24.5 Å². The first-order chi connectivity index (χ1) is 8.38. The van der Waals surface area contributed by atoms with Crippen molar-refractivity contribution in [2.75, 3.05) is 0 Å². The highest BCUT2D eigenvalue weighted by atomic mass is 16.5. The highest BCUT2D eigenvalue weighted by Crippen LogP contribution is 2.14. The van der Waals surface area contributed by atoms with E-state index in [2.05, 4.69) is 4.98 Å². The molecule has 0 radical (unpaired) electrons. The van der Waals surface area contributed by atoms with E-state index in [-0.39, 0.29) is 6.10 Å². The zero-order valence-electron chi connectivity index (χ0n) is 10.2. The number of hydrogen-bond acceptors (Lipinski definition) is 5. The van der Waals surface area contributed by atoms with E-state index in [1.54, 1.807) is 6.20 Å². The summed E-state index contributed by atoms with van der Waals surface area (Å²) in [7, 11) is 0. The minimum Gasteiger partial charge on any atom is -0.475 e. The Balaban J connectivity index is 0.000000411.